The Morgan fingerprint density at radius 1 is 1.22 bits per heavy atom. The van der Waals surface area contributed by atoms with E-state index in [1.165, 1.54) is 19.3 Å². The van der Waals surface area contributed by atoms with E-state index < -0.39 is 5.91 Å². The Bertz CT molecular complexity index is 693. The molecule has 0 aliphatic heterocycles. The summed E-state index contributed by atoms with van der Waals surface area (Å²) in [4.78, 5) is 11.0. The molecular weight excluding hydrogens is 344 g/mol. The minimum atomic E-state index is -0.544. The fourth-order valence-electron chi connectivity index (χ4n) is 5.08. The van der Waals surface area contributed by atoms with Crippen LogP contribution in [0.1, 0.15) is 45.6 Å². The van der Waals surface area contributed by atoms with Gasteiger partial charge in [0.15, 0.2) is 18.1 Å². The summed E-state index contributed by atoms with van der Waals surface area (Å²) in [6, 6.07) is 4.35. The zero-order valence-electron chi connectivity index (χ0n) is 17.1. The van der Waals surface area contributed by atoms with Gasteiger partial charge in [-0.2, -0.15) is 0 Å². The number of primary amides is 1. The molecule has 3 N–H and O–H groups in total. The van der Waals surface area contributed by atoms with E-state index in [9.17, 15) is 4.79 Å². The second kappa shape index (κ2) is 7.23. The van der Waals surface area contributed by atoms with E-state index in [2.05, 4.69) is 26.1 Å². The molecule has 2 aliphatic rings. The molecule has 2 bridgehead atoms. The topological polar surface area (TPSA) is 82.8 Å². The second-order valence-electron chi connectivity index (χ2n) is 8.63. The molecule has 3 rings (SSSR count). The number of rotatable bonds is 8. The van der Waals surface area contributed by atoms with Gasteiger partial charge in [-0.3, -0.25) is 4.79 Å². The van der Waals surface area contributed by atoms with Crippen LogP contribution in [0.5, 0.6) is 17.2 Å². The van der Waals surface area contributed by atoms with Crippen molar-refractivity contribution in [1.29, 1.82) is 0 Å². The lowest BCUT2D eigenvalue weighted by Gasteiger charge is -2.39. The Balaban J connectivity index is 1.75. The first-order valence-electron chi connectivity index (χ1n) is 9.62. The van der Waals surface area contributed by atoms with E-state index in [0.29, 0.717) is 34.1 Å². The number of carbonyl (C=O) groups excluding carboxylic acids is 1. The predicted molar refractivity (Wildman–Crippen MR) is 104 cm³/mol. The highest BCUT2D eigenvalue weighted by molar-refractivity contribution is 5.75. The predicted octanol–water partition coefficient (Wildman–Crippen LogP) is 2.87. The van der Waals surface area contributed by atoms with E-state index >= 15 is 0 Å². The molecule has 27 heavy (non-hydrogen) atoms. The number of benzene rings is 1. The standard InChI is InChI=1S/C21H32N2O4/c1-20(2)14-6-7-21(20,3)17(10-14)23-11-13-8-15(25-4)19(16(9-13)26-5)27-12-18(22)24/h8-9,14,17,23H,6-7,10-12H2,1-5H3,(H2,22,24)/t14-,17-,21-/m1/s1. The van der Waals surface area contributed by atoms with Crippen molar-refractivity contribution >= 4 is 5.91 Å². The van der Waals surface area contributed by atoms with Gasteiger partial charge in [-0.15, -0.1) is 0 Å². The number of hydrogen-bond donors (Lipinski definition) is 2. The molecule has 6 nitrogen and oxygen atoms in total. The van der Waals surface area contributed by atoms with Crippen molar-refractivity contribution in [2.24, 2.45) is 22.5 Å². The van der Waals surface area contributed by atoms with Gasteiger partial charge in [-0.25, -0.2) is 0 Å². The number of carbonyl (C=O) groups is 1. The summed E-state index contributed by atoms with van der Waals surface area (Å²) in [5.74, 6) is 1.72. The highest BCUT2D eigenvalue weighted by atomic mass is 16.5. The van der Waals surface area contributed by atoms with Crippen LogP contribution in [0.3, 0.4) is 0 Å². The average molecular weight is 376 g/mol. The average Bonchev–Trinajstić information content (AvgIpc) is 2.97. The van der Waals surface area contributed by atoms with E-state index in [-0.39, 0.29) is 6.61 Å². The lowest BCUT2D eigenvalue weighted by Crippen LogP contribution is -2.44. The molecule has 2 aliphatic carbocycles. The molecule has 3 atom stereocenters. The van der Waals surface area contributed by atoms with Crippen LogP contribution in [-0.4, -0.2) is 32.8 Å². The molecule has 2 saturated carbocycles. The summed E-state index contributed by atoms with van der Waals surface area (Å²) in [6.45, 7) is 7.78. The zero-order chi connectivity index (χ0) is 19.8. The van der Waals surface area contributed by atoms with Gasteiger partial charge in [0.05, 0.1) is 14.2 Å². The molecule has 150 valence electrons. The molecule has 0 unspecified atom stereocenters. The first-order valence-corrected chi connectivity index (χ1v) is 9.62. The van der Waals surface area contributed by atoms with E-state index in [0.717, 1.165) is 18.0 Å². The Morgan fingerprint density at radius 3 is 2.30 bits per heavy atom. The van der Waals surface area contributed by atoms with Gasteiger partial charge < -0.3 is 25.3 Å². The molecule has 0 aromatic heterocycles. The number of amides is 1. The fourth-order valence-corrected chi connectivity index (χ4v) is 5.08. The highest BCUT2D eigenvalue weighted by Gasteiger charge is 2.60. The van der Waals surface area contributed by atoms with Crippen molar-refractivity contribution < 1.29 is 19.0 Å². The van der Waals surface area contributed by atoms with Gasteiger partial charge in [-0.05, 0) is 53.7 Å². The van der Waals surface area contributed by atoms with E-state index in [1.54, 1.807) is 14.2 Å². The quantitative estimate of drug-likeness (QED) is 0.729. The second-order valence-corrected chi connectivity index (χ2v) is 8.63. The van der Waals surface area contributed by atoms with Crippen LogP contribution in [0.25, 0.3) is 0 Å². The van der Waals surface area contributed by atoms with Crippen LogP contribution in [-0.2, 0) is 11.3 Å². The highest BCUT2D eigenvalue weighted by Crippen LogP contribution is 2.65. The van der Waals surface area contributed by atoms with Gasteiger partial charge in [-0.1, -0.05) is 20.8 Å². The fraction of sp³-hybridized carbons (Fsp3) is 0.667. The van der Waals surface area contributed by atoms with Crippen LogP contribution >= 0.6 is 0 Å². The lowest BCUT2D eigenvalue weighted by atomic mass is 9.69. The van der Waals surface area contributed by atoms with Crippen molar-refractivity contribution in [3.05, 3.63) is 17.7 Å². The number of ether oxygens (including phenoxy) is 3. The number of nitrogens with one attached hydrogen (secondary N) is 1. The smallest absolute Gasteiger partial charge is 0.255 e. The summed E-state index contributed by atoms with van der Waals surface area (Å²) in [6.07, 6.45) is 3.86. The molecule has 1 aromatic carbocycles. The van der Waals surface area contributed by atoms with Crippen LogP contribution < -0.4 is 25.3 Å². The molecule has 6 heteroatoms. The largest absolute Gasteiger partial charge is 0.493 e. The van der Waals surface area contributed by atoms with Crippen LogP contribution in [0.2, 0.25) is 0 Å². The van der Waals surface area contributed by atoms with Gasteiger partial charge >= 0.3 is 0 Å². The number of nitrogens with two attached hydrogens (primary N) is 1. The molecular formula is C21H32N2O4. The maximum Gasteiger partial charge on any atom is 0.255 e. The molecule has 0 heterocycles. The summed E-state index contributed by atoms with van der Waals surface area (Å²) >= 11 is 0. The number of methoxy groups -OCH3 is 2. The maximum atomic E-state index is 11.0. The van der Waals surface area contributed by atoms with Gasteiger partial charge in [0, 0.05) is 12.6 Å². The van der Waals surface area contributed by atoms with Gasteiger partial charge in [0.1, 0.15) is 0 Å². The molecule has 0 spiro atoms. The summed E-state index contributed by atoms with van der Waals surface area (Å²) in [5.41, 5.74) is 6.95. The van der Waals surface area contributed by atoms with E-state index in [1.807, 2.05) is 12.1 Å². The Labute approximate surface area is 161 Å². The number of fused-ring (bicyclic) bond motifs is 2. The van der Waals surface area contributed by atoms with Crippen molar-refractivity contribution in [3.8, 4) is 17.2 Å². The first-order chi connectivity index (χ1) is 12.7. The third-order valence-corrected chi connectivity index (χ3v) is 7.23. The van der Waals surface area contributed by atoms with Crippen LogP contribution in [0.4, 0.5) is 0 Å². The van der Waals surface area contributed by atoms with E-state index in [4.69, 9.17) is 19.9 Å². The normalized spacial score (nSPS) is 28.2. The minimum absolute atomic E-state index is 0.221. The lowest BCUT2D eigenvalue weighted by molar-refractivity contribution is -0.120. The maximum absolute atomic E-state index is 11.0. The van der Waals surface area contributed by atoms with Gasteiger partial charge in [0.25, 0.3) is 5.91 Å². The third-order valence-electron chi connectivity index (χ3n) is 7.23. The Morgan fingerprint density at radius 2 is 1.85 bits per heavy atom. The Kier molecular flexibility index (Phi) is 5.30. The van der Waals surface area contributed by atoms with Gasteiger partial charge in [0.2, 0.25) is 5.75 Å². The molecule has 1 aromatic rings. The summed E-state index contributed by atoms with van der Waals surface area (Å²) in [7, 11) is 3.14. The molecule has 2 fully saturated rings. The summed E-state index contributed by atoms with van der Waals surface area (Å²) in [5, 5.41) is 3.77. The zero-order valence-corrected chi connectivity index (χ0v) is 17.1. The van der Waals surface area contributed by atoms with Crippen molar-refractivity contribution in [1.82, 2.24) is 5.32 Å². The summed E-state index contributed by atoms with van der Waals surface area (Å²) < 4.78 is 16.4. The van der Waals surface area contributed by atoms with Crippen LogP contribution in [0, 0.1) is 16.7 Å². The third kappa shape index (κ3) is 3.35. The SMILES string of the molecule is COc1cc(CN[C@@H]2C[C@H]3CC[C@@]2(C)C3(C)C)cc(OC)c1OCC(N)=O. The number of hydrogen-bond acceptors (Lipinski definition) is 5. The molecule has 1 amide bonds. The van der Waals surface area contributed by atoms with Crippen molar-refractivity contribution in [3.63, 3.8) is 0 Å². The Hall–Kier alpha value is -1.95. The van der Waals surface area contributed by atoms with Crippen LogP contribution in [0.15, 0.2) is 12.1 Å². The van der Waals surface area contributed by atoms with Crippen molar-refractivity contribution in [2.75, 3.05) is 20.8 Å². The first kappa shape index (κ1) is 19.8. The van der Waals surface area contributed by atoms with Crippen molar-refractivity contribution in [2.45, 2.75) is 52.6 Å². The monoisotopic (exact) mass is 376 g/mol. The molecule has 0 saturated heterocycles. The molecule has 0 radical (unpaired) electrons. The minimum Gasteiger partial charge on any atom is -0.493 e.